The molecule has 1 aromatic rings. The first kappa shape index (κ1) is 16.6. The zero-order chi connectivity index (χ0) is 16.2. The summed E-state index contributed by atoms with van der Waals surface area (Å²) in [4.78, 5) is 11.0. The summed E-state index contributed by atoms with van der Waals surface area (Å²) in [6.07, 6.45) is 5.67. The molecule has 2 N–H and O–H groups in total. The van der Waals surface area contributed by atoms with Gasteiger partial charge in [0, 0.05) is 7.11 Å². The van der Waals surface area contributed by atoms with Crippen LogP contribution in [0.25, 0.3) is 6.08 Å². The van der Waals surface area contributed by atoms with Gasteiger partial charge in [-0.1, -0.05) is 23.8 Å². The molecule has 1 amide bonds. The molecule has 4 nitrogen and oxygen atoms in total. The molecule has 0 bridgehead atoms. The summed E-state index contributed by atoms with van der Waals surface area (Å²) in [7, 11) is 1.70. The second-order valence-electron chi connectivity index (χ2n) is 6.17. The summed E-state index contributed by atoms with van der Waals surface area (Å²) in [6, 6.07) is 6.13. The Morgan fingerprint density at radius 3 is 2.64 bits per heavy atom. The van der Waals surface area contributed by atoms with Crippen LogP contribution >= 0.6 is 0 Å². The smallest absolute Gasteiger partial charge is 0.207 e. The molecule has 0 spiro atoms. The molecule has 1 saturated carbocycles. The highest BCUT2D eigenvalue weighted by molar-refractivity contribution is 5.60. The number of aryl methyl sites for hydroxylation is 2. The molecule has 1 aliphatic rings. The Bertz CT molecular complexity index is 557. The quantitative estimate of drug-likeness (QED) is 0.648. The molecule has 4 heteroatoms. The van der Waals surface area contributed by atoms with Crippen molar-refractivity contribution in [3.05, 3.63) is 40.6 Å². The van der Waals surface area contributed by atoms with Crippen LogP contribution < -0.4 is 5.32 Å². The largest absolute Gasteiger partial charge is 0.510 e. The molecule has 0 unspecified atom stereocenters. The van der Waals surface area contributed by atoms with Crippen LogP contribution in [0.3, 0.4) is 0 Å². The predicted molar refractivity (Wildman–Crippen MR) is 87.7 cm³/mol. The molecule has 0 aromatic heterocycles. The standard InChI is InChI=1S/C18H25NO3/c1-13-4-5-14(2)15(10-13)11-17(21)18(19-12-20)8-6-16(22-3)7-9-18/h4-5,10-12,16,21H,6-9H2,1-3H3,(H,19,20)/b17-11-. The van der Waals surface area contributed by atoms with Crippen LogP contribution in [0.5, 0.6) is 0 Å². The van der Waals surface area contributed by atoms with E-state index >= 15 is 0 Å². The van der Waals surface area contributed by atoms with Crippen LogP contribution in [-0.4, -0.2) is 30.3 Å². The predicted octanol–water partition coefficient (Wildman–Crippen LogP) is 3.28. The first-order chi connectivity index (χ1) is 10.5. The lowest BCUT2D eigenvalue weighted by molar-refractivity contribution is -0.112. The lowest BCUT2D eigenvalue weighted by Gasteiger charge is -2.39. The van der Waals surface area contributed by atoms with Gasteiger partial charge in [0.2, 0.25) is 6.41 Å². The molecule has 0 aliphatic heterocycles. The van der Waals surface area contributed by atoms with E-state index in [0.29, 0.717) is 19.3 Å². The van der Waals surface area contributed by atoms with Crippen LogP contribution in [0, 0.1) is 13.8 Å². The normalized spacial score (nSPS) is 25.8. The first-order valence-corrected chi connectivity index (χ1v) is 7.73. The fourth-order valence-electron chi connectivity index (χ4n) is 3.11. The van der Waals surface area contributed by atoms with Gasteiger partial charge >= 0.3 is 0 Å². The lowest BCUT2D eigenvalue weighted by atomic mass is 9.78. The Morgan fingerprint density at radius 2 is 2.05 bits per heavy atom. The van der Waals surface area contributed by atoms with E-state index in [0.717, 1.165) is 29.5 Å². The summed E-state index contributed by atoms with van der Waals surface area (Å²) in [5.74, 6) is 0.225. The summed E-state index contributed by atoms with van der Waals surface area (Å²) in [5.41, 5.74) is 2.56. The van der Waals surface area contributed by atoms with Crippen LogP contribution in [0.4, 0.5) is 0 Å². The van der Waals surface area contributed by atoms with Gasteiger partial charge in [0.05, 0.1) is 11.6 Å². The summed E-state index contributed by atoms with van der Waals surface area (Å²) < 4.78 is 5.38. The Labute approximate surface area is 132 Å². The number of aliphatic hydroxyl groups excluding tert-OH is 1. The molecule has 0 atom stereocenters. The Morgan fingerprint density at radius 1 is 1.36 bits per heavy atom. The molecule has 120 valence electrons. The molecule has 1 fully saturated rings. The van der Waals surface area contributed by atoms with E-state index in [2.05, 4.69) is 5.32 Å². The zero-order valence-corrected chi connectivity index (χ0v) is 13.6. The fraction of sp³-hybridized carbons (Fsp3) is 0.500. The summed E-state index contributed by atoms with van der Waals surface area (Å²) in [5, 5.41) is 13.5. The molecule has 22 heavy (non-hydrogen) atoms. The van der Waals surface area contributed by atoms with E-state index in [1.165, 1.54) is 0 Å². The van der Waals surface area contributed by atoms with Crippen LogP contribution in [0.15, 0.2) is 24.0 Å². The zero-order valence-electron chi connectivity index (χ0n) is 13.6. The number of methoxy groups -OCH3 is 1. The molecule has 1 aliphatic carbocycles. The van der Waals surface area contributed by atoms with Crippen LogP contribution in [-0.2, 0) is 9.53 Å². The average Bonchev–Trinajstić information content (AvgIpc) is 2.52. The number of carbonyl (C=O) groups excluding carboxylic acids is 1. The topological polar surface area (TPSA) is 58.6 Å². The van der Waals surface area contributed by atoms with Crippen molar-refractivity contribution in [2.45, 2.75) is 51.2 Å². The minimum atomic E-state index is -0.674. The van der Waals surface area contributed by atoms with Crippen molar-refractivity contribution in [2.24, 2.45) is 0 Å². The molecule has 0 saturated heterocycles. The van der Waals surface area contributed by atoms with Crippen molar-refractivity contribution >= 4 is 12.5 Å². The van der Waals surface area contributed by atoms with Gasteiger partial charge in [-0.3, -0.25) is 4.79 Å². The highest BCUT2D eigenvalue weighted by atomic mass is 16.5. The Kier molecular flexibility index (Phi) is 5.24. The van der Waals surface area contributed by atoms with Gasteiger partial charge in [0.1, 0.15) is 5.76 Å². The van der Waals surface area contributed by atoms with Gasteiger partial charge in [-0.15, -0.1) is 0 Å². The van der Waals surface area contributed by atoms with E-state index < -0.39 is 5.54 Å². The molecule has 0 heterocycles. The molecular formula is C18H25NO3. The molecular weight excluding hydrogens is 278 g/mol. The van der Waals surface area contributed by atoms with E-state index in [-0.39, 0.29) is 11.9 Å². The number of rotatable bonds is 5. The number of carbonyl (C=O) groups is 1. The van der Waals surface area contributed by atoms with Gasteiger partial charge in [0.25, 0.3) is 0 Å². The van der Waals surface area contributed by atoms with E-state index in [9.17, 15) is 9.90 Å². The second-order valence-corrected chi connectivity index (χ2v) is 6.17. The Hall–Kier alpha value is -1.81. The molecule has 2 rings (SSSR count). The first-order valence-electron chi connectivity index (χ1n) is 7.73. The third kappa shape index (κ3) is 3.50. The molecule has 1 aromatic carbocycles. The number of aliphatic hydroxyl groups is 1. The number of hydrogen-bond acceptors (Lipinski definition) is 3. The highest BCUT2D eigenvalue weighted by Crippen LogP contribution is 2.35. The monoisotopic (exact) mass is 303 g/mol. The minimum absolute atomic E-state index is 0.204. The highest BCUT2D eigenvalue weighted by Gasteiger charge is 2.38. The number of ether oxygens (including phenoxy) is 1. The van der Waals surface area contributed by atoms with Crippen molar-refractivity contribution in [1.82, 2.24) is 5.32 Å². The Balaban J connectivity index is 2.30. The van der Waals surface area contributed by atoms with Crippen molar-refractivity contribution in [3.63, 3.8) is 0 Å². The number of benzene rings is 1. The summed E-state index contributed by atoms with van der Waals surface area (Å²) >= 11 is 0. The van der Waals surface area contributed by atoms with E-state index in [1.54, 1.807) is 13.2 Å². The lowest BCUT2D eigenvalue weighted by Crippen LogP contribution is -2.49. The average molecular weight is 303 g/mol. The van der Waals surface area contributed by atoms with Gasteiger partial charge in [0.15, 0.2) is 0 Å². The molecule has 0 radical (unpaired) electrons. The van der Waals surface area contributed by atoms with Crippen LogP contribution in [0.1, 0.15) is 42.4 Å². The van der Waals surface area contributed by atoms with Gasteiger partial charge < -0.3 is 15.2 Å². The van der Waals surface area contributed by atoms with Crippen molar-refractivity contribution in [3.8, 4) is 0 Å². The maximum absolute atomic E-state index is 11.0. The van der Waals surface area contributed by atoms with E-state index in [1.807, 2.05) is 32.0 Å². The number of hydrogen-bond donors (Lipinski definition) is 2. The summed E-state index contributed by atoms with van der Waals surface area (Å²) in [6.45, 7) is 4.04. The maximum atomic E-state index is 11.0. The second kappa shape index (κ2) is 6.97. The van der Waals surface area contributed by atoms with Gasteiger partial charge in [-0.05, 0) is 56.7 Å². The van der Waals surface area contributed by atoms with Gasteiger partial charge in [-0.2, -0.15) is 0 Å². The van der Waals surface area contributed by atoms with Gasteiger partial charge in [-0.25, -0.2) is 0 Å². The van der Waals surface area contributed by atoms with E-state index in [4.69, 9.17) is 4.74 Å². The fourth-order valence-corrected chi connectivity index (χ4v) is 3.11. The third-order valence-corrected chi connectivity index (χ3v) is 4.67. The minimum Gasteiger partial charge on any atom is -0.510 e. The number of nitrogens with one attached hydrogen (secondary N) is 1. The van der Waals surface area contributed by atoms with Crippen LogP contribution in [0.2, 0.25) is 0 Å². The van der Waals surface area contributed by atoms with Crippen molar-refractivity contribution < 1.29 is 14.6 Å². The maximum Gasteiger partial charge on any atom is 0.207 e. The van der Waals surface area contributed by atoms with Crippen molar-refractivity contribution in [1.29, 1.82) is 0 Å². The SMILES string of the molecule is COC1CCC(NC=O)(/C(O)=C/c2cc(C)ccc2C)CC1. The van der Waals surface area contributed by atoms with Crippen molar-refractivity contribution in [2.75, 3.05) is 7.11 Å². The number of amides is 1. The third-order valence-electron chi connectivity index (χ3n) is 4.67.